The SMILES string of the molecule is CCc1ccc(C2SCC(=O)N2CCNC(C)=O)cc1. The zero-order valence-electron chi connectivity index (χ0n) is 11.9. The molecule has 2 rings (SSSR count). The molecule has 5 heteroatoms. The Bertz CT molecular complexity index is 487. The number of hydrogen-bond acceptors (Lipinski definition) is 3. The predicted molar refractivity (Wildman–Crippen MR) is 81.4 cm³/mol. The Kier molecular flexibility index (Phi) is 5.06. The molecule has 1 saturated heterocycles. The van der Waals surface area contributed by atoms with Crippen molar-refractivity contribution in [2.45, 2.75) is 25.6 Å². The molecule has 2 amide bonds. The second kappa shape index (κ2) is 6.79. The van der Waals surface area contributed by atoms with Gasteiger partial charge in [0.05, 0.1) is 5.75 Å². The standard InChI is InChI=1S/C15H20N2O2S/c1-3-12-4-6-13(7-5-12)15-17(14(19)10-20-15)9-8-16-11(2)18/h4-7,15H,3,8-10H2,1-2H3,(H,16,18). The van der Waals surface area contributed by atoms with Gasteiger partial charge in [0.25, 0.3) is 0 Å². The third-order valence-electron chi connectivity index (χ3n) is 3.37. The van der Waals surface area contributed by atoms with Crippen LogP contribution in [0, 0.1) is 0 Å². The molecule has 0 saturated carbocycles. The molecule has 0 spiro atoms. The Hall–Kier alpha value is -1.49. The summed E-state index contributed by atoms with van der Waals surface area (Å²) in [6, 6.07) is 8.43. The quantitative estimate of drug-likeness (QED) is 0.902. The Morgan fingerprint density at radius 1 is 1.40 bits per heavy atom. The van der Waals surface area contributed by atoms with Gasteiger partial charge in [-0.25, -0.2) is 0 Å². The maximum Gasteiger partial charge on any atom is 0.233 e. The molecule has 1 unspecified atom stereocenters. The van der Waals surface area contributed by atoms with Crippen LogP contribution in [0.4, 0.5) is 0 Å². The molecule has 1 N–H and O–H groups in total. The van der Waals surface area contributed by atoms with E-state index in [1.807, 2.05) is 4.90 Å². The van der Waals surface area contributed by atoms with Gasteiger partial charge in [-0.3, -0.25) is 9.59 Å². The molecule has 4 nitrogen and oxygen atoms in total. The van der Waals surface area contributed by atoms with Crippen LogP contribution in [0.3, 0.4) is 0 Å². The van der Waals surface area contributed by atoms with E-state index in [2.05, 4.69) is 36.5 Å². The number of hydrogen-bond donors (Lipinski definition) is 1. The van der Waals surface area contributed by atoms with Gasteiger partial charge >= 0.3 is 0 Å². The number of rotatable bonds is 5. The maximum atomic E-state index is 11.9. The highest BCUT2D eigenvalue weighted by atomic mass is 32.2. The number of carbonyl (C=O) groups excluding carboxylic acids is 2. The predicted octanol–water partition coefficient (Wildman–Crippen LogP) is 1.96. The number of nitrogens with one attached hydrogen (secondary N) is 1. The number of aryl methyl sites for hydroxylation is 1. The van der Waals surface area contributed by atoms with Gasteiger partial charge in [0.1, 0.15) is 5.37 Å². The van der Waals surface area contributed by atoms with Gasteiger partial charge in [-0.05, 0) is 17.5 Å². The lowest BCUT2D eigenvalue weighted by Gasteiger charge is -2.24. The Balaban J connectivity index is 2.04. The van der Waals surface area contributed by atoms with Crippen molar-refractivity contribution in [2.24, 2.45) is 0 Å². The van der Waals surface area contributed by atoms with E-state index in [4.69, 9.17) is 0 Å². The first-order valence-electron chi connectivity index (χ1n) is 6.86. The molecule has 0 radical (unpaired) electrons. The highest BCUT2D eigenvalue weighted by molar-refractivity contribution is 8.00. The molecule has 1 aliphatic rings. The van der Waals surface area contributed by atoms with Crippen LogP contribution in [0.2, 0.25) is 0 Å². The summed E-state index contributed by atoms with van der Waals surface area (Å²) in [5, 5.41) is 2.81. The van der Waals surface area contributed by atoms with Gasteiger partial charge in [-0.15, -0.1) is 11.8 Å². The smallest absolute Gasteiger partial charge is 0.233 e. The average Bonchev–Trinajstić information content (AvgIpc) is 2.80. The molecule has 1 aliphatic heterocycles. The Morgan fingerprint density at radius 3 is 2.70 bits per heavy atom. The van der Waals surface area contributed by atoms with Crippen molar-refractivity contribution in [2.75, 3.05) is 18.8 Å². The number of nitrogens with zero attached hydrogens (tertiary/aromatic N) is 1. The normalized spacial score (nSPS) is 18.4. The van der Waals surface area contributed by atoms with Gasteiger partial charge in [0, 0.05) is 20.0 Å². The van der Waals surface area contributed by atoms with Crippen LogP contribution in [0.15, 0.2) is 24.3 Å². The van der Waals surface area contributed by atoms with Crippen LogP contribution in [0.25, 0.3) is 0 Å². The molecule has 20 heavy (non-hydrogen) atoms. The molecular formula is C15H20N2O2S. The van der Waals surface area contributed by atoms with Crippen molar-refractivity contribution >= 4 is 23.6 Å². The van der Waals surface area contributed by atoms with Gasteiger partial charge in [-0.2, -0.15) is 0 Å². The fourth-order valence-electron chi connectivity index (χ4n) is 2.24. The maximum absolute atomic E-state index is 11.9. The van der Waals surface area contributed by atoms with Crippen LogP contribution in [0.5, 0.6) is 0 Å². The molecule has 1 aromatic carbocycles. The van der Waals surface area contributed by atoms with Crippen LogP contribution < -0.4 is 5.32 Å². The topological polar surface area (TPSA) is 49.4 Å². The Morgan fingerprint density at radius 2 is 2.10 bits per heavy atom. The van der Waals surface area contributed by atoms with Gasteiger partial charge in [0.2, 0.25) is 11.8 Å². The molecule has 1 heterocycles. The minimum Gasteiger partial charge on any atom is -0.355 e. The van der Waals surface area contributed by atoms with Crippen molar-refractivity contribution in [3.63, 3.8) is 0 Å². The molecule has 108 valence electrons. The lowest BCUT2D eigenvalue weighted by atomic mass is 10.1. The highest BCUT2D eigenvalue weighted by Crippen LogP contribution is 2.38. The fraction of sp³-hybridized carbons (Fsp3) is 0.467. The third-order valence-corrected chi connectivity index (χ3v) is 4.62. The summed E-state index contributed by atoms with van der Waals surface area (Å²) < 4.78 is 0. The first-order chi connectivity index (χ1) is 9.61. The summed E-state index contributed by atoms with van der Waals surface area (Å²) in [4.78, 5) is 24.7. The zero-order valence-corrected chi connectivity index (χ0v) is 12.7. The first-order valence-corrected chi connectivity index (χ1v) is 7.91. The summed E-state index contributed by atoms with van der Waals surface area (Å²) in [6.45, 7) is 4.68. The summed E-state index contributed by atoms with van der Waals surface area (Å²) in [5.74, 6) is 0.596. The minimum atomic E-state index is -0.0619. The van der Waals surface area contributed by atoms with Gasteiger partial charge in [0.15, 0.2) is 0 Å². The van der Waals surface area contributed by atoms with Crippen molar-refractivity contribution in [1.82, 2.24) is 10.2 Å². The van der Waals surface area contributed by atoms with Crippen molar-refractivity contribution in [3.05, 3.63) is 35.4 Å². The average molecular weight is 292 g/mol. The monoisotopic (exact) mass is 292 g/mol. The van der Waals surface area contributed by atoms with Gasteiger partial charge < -0.3 is 10.2 Å². The summed E-state index contributed by atoms with van der Waals surface area (Å²) >= 11 is 1.65. The summed E-state index contributed by atoms with van der Waals surface area (Å²) in [7, 11) is 0. The number of carbonyl (C=O) groups is 2. The number of amides is 2. The largest absolute Gasteiger partial charge is 0.355 e. The zero-order chi connectivity index (χ0) is 14.5. The first kappa shape index (κ1) is 14.9. The Labute approximate surface area is 123 Å². The van der Waals surface area contributed by atoms with Crippen LogP contribution in [0.1, 0.15) is 30.3 Å². The van der Waals surface area contributed by atoms with Gasteiger partial charge in [-0.1, -0.05) is 31.2 Å². The highest BCUT2D eigenvalue weighted by Gasteiger charge is 2.32. The lowest BCUT2D eigenvalue weighted by molar-refractivity contribution is -0.128. The second-order valence-corrected chi connectivity index (χ2v) is 5.90. The summed E-state index contributed by atoms with van der Waals surface area (Å²) in [6.07, 6.45) is 1.02. The molecule has 1 aromatic rings. The van der Waals surface area contributed by atoms with E-state index in [0.717, 1.165) is 12.0 Å². The van der Waals surface area contributed by atoms with E-state index in [9.17, 15) is 9.59 Å². The van der Waals surface area contributed by atoms with E-state index in [1.54, 1.807) is 11.8 Å². The third kappa shape index (κ3) is 3.54. The number of benzene rings is 1. The van der Waals surface area contributed by atoms with E-state index in [1.165, 1.54) is 12.5 Å². The number of thioether (sulfide) groups is 1. The molecule has 0 aliphatic carbocycles. The lowest BCUT2D eigenvalue weighted by Crippen LogP contribution is -2.36. The van der Waals surface area contributed by atoms with E-state index in [0.29, 0.717) is 18.8 Å². The van der Waals surface area contributed by atoms with E-state index >= 15 is 0 Å². The van der Waals surface area contributed by atoms with Crippen LogP contribution >= 0.6 is 11.8 Å². The van der Waals surface area contributed by atoms with Crippen molar-refractivity contribution in [1.29, 1.82) is 0 Å². The van der Waals surface area contributed by atoms with Crippen LogP contribution in [-0.4, -0.2) is 35.6 Å². The van der Waals surface area contributed by atoms with Crippen molar-refractivity contribution < 1.29 is 9.59 Å². The minimum absolute atomic E-state index is 0.0619. The molecule has 1 fully saturated rings. The molecule has 0 bridgehead atoms. The van der Waals surface area contributed by atoms with E-state index in [-0.39, 0.29) is 17.2 Å². The second-order valence-electron chi connectivity index (χ2n) is 4.83. The molecule has 1 atom stereocenters. The molecular weight excluding hydrogens is 272 g/mol. The van der Waals surface area contributed by atoms with Crippen LogP contribution in [-0.2, 0) is 16.0 Å². The fourth-order valence-corrected chi connectivity index (χ4v) is 3.46. The van der Waals surface area contributed by atoms with Crippen molar-refractivity contribution in [3.8, 4) is 0 Å². The summed E-state index contributed by atoms with van der Waals surface area (Å²) in [5.41, 5.74) is 2.45. The molecule has 0 aromatic heterocycles. The van der Waals surface area contributed by atoms with E-state index < -0.39 is 0 Å².